The minimum absolute atomic E-state index is 0.208. The average molecular weight is 572 g/mol. The Kier molecular flexibility index (Phi) is 6.86. The number of aromatic nitrogens is 3. The van der Waals surface area contributed by atoms with Crippen molar-refractivity contribution in [3.63, 3.8) is 0 Å². The van der Waals surface area contributed by atoms with Crippen LogP contribution in [0.1, 0.15) is 15.2 Å². The number of pyridine rings is 1. The van der Waals surface area contributed by atoms with Crippen molar-refractivity contribution in [2.24, 2.45) is 0 Å². The molecule has 5 rings (SSSR count). The molecule has 0 saturated carbocycles. The molecule has 3 aromatic heterocycles. The monoisotopic (exact) mass is 571 g/mol. The number of carbonyl (C=O) groups excluding carboxylic acids is 1. The van der Waals surface area contributed by atoms with E-state index in [4.69, 9.17) is 10.8 Å². The number of rotatable bonds is 5. The first-order chi connectivity index (χ1) is 18.4. The summed E-state index contributed by atoms with van der Waals surface area (Å²) in [6, 6.07) is 13.1. The molecule has 1 aliphatic rings. The standard InChI is InChI=1S/C25H23F2N7O3S2/c1-39(36,37)33-13-11-32(12-14-33)23(35)21-8-7-20(38-21)19-6-9-22(28)34(31-19)24(29)25(26,27)17-4-5-18-16(15-17)3-2-10-30-18/h2-10,15,28-29H,11-14H2,1H3. The largest absolute Gasteiger partial charge is 0.335 e. The minimum atomic E-state index is -3.75. The maximum Gasteiger partial charge on any atom is 0.331 e. The Morgan fingerprint density at radius 2 is 1.79 bits per heavy atom. The number of alkyl halides is 2. The molecule has 0 unspecified atom stereocenters. The third-order valence-electron chi connectivity index (χ3n) is 6.37. The van der Waals surface area contributed by atoms with E-state index in [0.29, 0.717) is 25.3 Å². The third kappa shape index (κ3) is 5.22. The number of nitrogens with one attached hydrogen (secondary N) is 2. The molecule has 4 heterocycles. The molecular formula is C25H23F2N7O3S2. The Morgan fingerprint density at radius 3 is 2.51 bits per heavy atom. The van der Waals surface area contributed by atoms with Crippen molar-refractivity contribution < 1.29 is 22.0 Å². The van der Waals surface area contributed by atoms with Crippen LogP contribution in [0.4, 0.5) is 8.78 Å². The topological polar surface area (TPSA) is 136 Å². The first-order valence-corrected chi connectivity index (χ1v) is 14.4. The third-order valence-corrected chi connectivity index (χ3v) is 8.77. The van der Waals surface area contributed by atoms with Gasteiger partial charge in [0.2, 0.25) is 10.0 Å². The molecule has 1 amide bonds. The zero-order valence-corrected chi connectivity index (χ0v) is 22.3. The van der Waals surface area contributed by atoms with Crippen molar-refractivity contribution >= 4 is 44.0 Å². The van der Waals surface area contributed by atoms with E-state index in [1.165, 1.54) is 34.6 Å². The summed E-state index contributed by atoms with van der Waals surface area (Å²) in [5.41, 5.74) is -0.0624. The molecular weight excluding hydrogens is 548 g/mol. The van der Waals surface area contributed by atoms with Gasteiger partial charge in [-0.3, -0.25) is 20.6 Å². The summed E-state index contributed by atoms with van der Waals surface area (Å²) < 4.78 is 56.2. The number of hydrogen-bond donors (Lipinski definition) is 2. The number of benzene rings is 1. The van der Waals surface area contributed by atoms with Crippen LogP contribution < -0.4 is 5.49 Å². The molecule has 0 radical (unpaired) electrons. The van der Waals surface area contributed by atoms with Crippen LogP contribution in [0, 0.1) is 10.8 Å². The fraction of sp³-hybridized carbons (Fsp3) is 0.240. The summed E-state index contributed by atoms with van der Waals surface area (Å²) >= 11 is 1.10. The average Bonchev–Trinajstić information content (AvgIpc) is 3.42. The number of nitrogens with zero attached hydrogens (tertiary/aromatic N) is 5. The number of hydrogen-bond acceptors (Lipinski definition) is 8. The molecule has 4 aromatic rings. The van der Waals surface area contributed by atoms with Crippen LogP contribution in [-0.4, -0.2) is 76.6 Å². The predicted octanol–water partition coefficient (Wildman–Crippen LogP) is 2.97. The van der Waals surface area contributed by atoms with Crippen LogP contribution in [0.3, 0.4) is 0 Å². The number of halogens is 2. The molecule has 0 atom stereocenters. The lowest BCUT2D eigenvalue weighted by Gasteiger charge is -2.32. The second-order valence-corrected chi connectivity index (χ2v) is 12.0. The van der Waals surface area contributed by atoms with Crippen LogP contribution in [-0.2, 0) is 15.9 Å². The Bertz CT molecular complexity index is 1760. The maximum absolute atomic E-state index is 15.4. The second kappa shape index (κ2) is 10.0. The van der Waals surface area contributed by atoms with Gasteiger partial charge >= 0.3 is 5.92 Å². The molecule has 0 bridgehead atoms. The molecule has 1 saturated heterocycles. The van der Waals surface area contributed by atoms with Gasteiger partial charge in [-0.15, -0.1) is 11.3 Å². The van der Waals surface area contributed by atoms with Gasteiger partial charge in [-0.25, -0.2) is 8.42 Å². The zero-order valence-electron chi connectivity index (χ0n) is 20.6. The highest BCUT2D eigenvalue weighted by Gasteiger charge is 2.40. The van der Waals surface area contributed by atoms with Crippen molar-refractivity contribution in [2.45, 2.75) is 5.92 Å². The lowest BCUT2D eigenvalue weighted by Crippen LogP contribution is -2.50. The summed E-state index contributed by atoms with van der Waals surface area (Å²) in [6.07, 6.45) is 2.69. The van der Waals surface area contributed by atoms with Crippen molar-refractivity contribution in [2.75, 3.05) is 32.4 Å². The quantitative estimate of drug-likeness (QED) is 0.280. The number of sulfonamides is 1. The van der Waals surface area contributed by atoms with Crippen LogP contribution in [0.15, 0.2) is 60.8 Å². The molecule has 202 valence electrons. The molecule has 14 heteroatoms. The summed E-state index contributed by atoms with van der Waals surface area (Å²) in [5, 5.41) is 21.0. The van der Waals surface area contributed by atoms with Crippen molar-refractivity contribution in [1.82, 2.24) is 24.0 Å². The first kappa shape index (κ1) is 26.7. The molecule has 2 N–H and O–H groups in total. The highest BCUT2D eigenvalue weighted by atomic mass is 32.2. The normalized spacial score (nSPS) is 15.0. The van der Waals surface area contributed by atoms with Gasteiger partial charge in [-0.1, -0.05) is 12.1 Å². The zero-order chi connectivity index (χ0) is 27.9. The molecule has 0 aliphatic carbocycles. The Labute approximate surface area is 226 Å². The number of thiophene rings is 1. The molecule has 1 aliphatic heterocycles. The Hall–Kier alpha value is -3.88. The fourth-order valence-corrected chi connectivity index (χ4v) is 6.00. The minimum Gasteiger partial charge on any atom is -0.335 e. The number of piperazine rings is 1. The Morgan fingerprint density at radius 1 is 1.05 bits per heavy atom. The lowest BCUT2D eigenvalue weighted by atomic mass is 10.0. The van der Waals surface area contributed by atoms with Crippen LogP contribution >= 0.6 is 11.3 Å². The van der Waals surface area contributed by atoms with E-state index in [2.05, 4.69) is 10.1 Å². The van der Waals surface area contributed by atoms with Gasteiger partial charge in [-0.05, 0) is 42.5 Å². The van der Waals surface area contributed by atoms with Gasteiger partial charge in [-0.2, -0.15) is 22.9 Å². The van der Waals surface area contributed by atoms with E-state index >= 15 is 8.78 Å². The van der Waals surface area contributed by atoms with Crippen molar-refractivity contribution in [1.29, 1.82) is 10.8 Å². The number of amides is 1. The number of fused-ring (bicyclic) bond motifs is 1. The van der Waals surface area contributed by atoms with Gasteiger partial charge in [0, 0.05) is 43.3 Å². The van der Waals surface area contributed by atoms with Gasteiger partial charge in [0.1, 0.15) is 11.2 Å². The predicted molar refractivity (Wildman–Crippen MR) is 142 cm³/mol. The smallest absolute Gasteiger partial charge is 0.331 e. The Balaban J connectivity index is 1.38. The van der Waals surface area contributed by atoms with E-state index < -0.39 is 32.8 Å². The molecule has 1 aromatic carbocycles. The van der Waals surface area contributed by atoms with E-state index in [1.54, 1.807) is 35.4 Å². The van der Waals surface area contributed by atoms with Crippen LogP contribution in [0.25, 0.3) is 21.5 Å². The van der Waals surface area contributed by atoms with E-state index in [1.807, 2.05) is 0 Å². The van der Waals surface area contributed by atoms with Crippen LogP contribution in [0.5, 0.6) is 0 Å². The lowest BCUT2D eigenvalue weighted by molar-refractivity contribution is 0.0694. The summed E-state index contributed by atoms with van der Waals surface area (Å²) in [4.78, 5) is 19.6. The van der Waals surface area contributed by atoms with Crippen LogP contribution in [0.2, 0.25) is 0 Å². The highest BCUT2D eigenvalue weighted by molar-refractivity contribution is 7.88. The fourth-order valence-electron chi connectivity index (χ4n) is 4.24. The number of carbonyl (C=O) groups is 1. The maximum atomic E-state index is 15.4. The van der Waals surface area contributed by atoms with E-state index in [0.717, 1.165) is 17.6 Å². The van der Waals surface area contributed by atoms with Gasteiger partial charge in [0.05, 0.1) is 21.5 Å². The SMILES string of the molecule is CS(=O)(=O)N1CCN(C(=O)c2ccc(-c3ccc(=N)n(C(=N)C(F)(F)c4ccc5ncccc5c4)n3)s2)CC1. The summed E-state index contributed by atoms with van der Waals surface area (Å²) in [6.45, 7) is 0.919. The van der Waals surface area contributed by atoms with Crippen molar-refractivity contribution in [3.05, 3.63) is 76.7 Å². The van der Waals surface area contributed by atoms with Gasteiger partial charge in [0.25, 0.3) is 5.91 Å². The molecule has 0 spiro atoms. The van der Waals surface area contributed by atoms with E-state index in [9.17, 15) is 13.2 Å². The summed E-state index contributed by atoms with van der Waals surface area (Å²) in [7, 11) is -3.33. The molecule has 39 heavy (non-hydrogen) atoms. The summed E-state index contributed by atoms with van der Waals surface area (Å²) in [5.74, 6) is -5.20. The molecule has 1 fully saturated rings. The van der Waals surface area contributed by atoms with E-state index in [-0.39, 0.29) is 37.8 Å². The second-order valence-electron chi connectivity index (χ2n) is 8.97. The first-order valence-electron chi connectivity index (χ1n) is 11.8. The highest BCUT2D eigenvalue weighted by Crippen LogP contribution is 2.32. The van der Waals surface area contributed by atoms with Crippen molar-refractivity contribution in [3.8, 4) is 10.6 Å². The molecule has 10 nitrogen and oxygen atoms in total. The van der Waals surface area contributed by atoms with Gasteiger partial charge < -0.3 is 4.90 Å². The van der Waals surface area contributed by atoms with Gasteiger partial charge in [0.15, 0.2) is 5.84 Å².